The summed E-state index contributed by atoms with van der Waals surface area (Å²) in [5.41, 5.74) is 3.52. The molecule has 4 aromatic rings. The number of benzene rings is 2. The van der Waals surface area contributed by atoms with Crippen molar-refractivity contribution >= 4 is 23.9 Å². The first-order valence-electron chi connectivity index (χ1n) is 9.54. The zero-order chi connectivity index (χ0) is 20.3. The molecule has 2 aromatic heterocycles. The predicted octanol–water partition coefficient (Wildman–Crippen LogP) is 3.62. The van der Waals surface area contributed by atoms with Crippen molar-refractivity contribution in [1.82, 2.24) is 25.2 Å². The van der Waals surface area contributed by atoms with E-state index in [0.717, 1.165) is 22.5 Å². The van der Waals surface area contributed by atoms with Gasteiger partial charge < -0.3 is 9.84 Å². The first kappa shape index (κ1) is 17.9. The number of aromatic nitrogens is 4. The molecule has 0 radical (unpaired) electrons. The van der Waals surface area contributed by atoms with E-state index in [1.54, 1.807) is 21.9 Å². The van der Waals surface area contributed by atoms with E-state index in [4.69, 9.17) is 4.52 Å². The van der Waals surface area contributed by atoms with Crippen molar-refractivity contribution in [2.45, 2.75) is 0 Å². The number of urea groups is 1. The molecule has 1 N–H and O–H groups in total. The van der Waals surface area contributed by atoms with Crippen molar-refractivity contribution in [3.05, 3.63) is 78.4 Å². The summed E-state index contributed by atoms with van der Waals surface area (Å²) in [5, 5.41) is 11.2. The zero-order valence-corrected chi connectivity index (χ0v) is 16.0. The van der Waals surface area contributed by atoms with Gasteiger partial charge in [-0.15, -0.1) is 0 Å². The van der Waals surface area contributed by atoms with E-state index in [1.165, 1.54) is 0 Å². The third-order valence-corrected chi connectivity index (χ3v) is 4.81. The number of rotatable bonds is 5. The second-order valence-corrected chi connectivity index (χ2v) is 6.73. The lowest BCUT2D eigenvalue weighted by atomic mass is 10.1. The second-order valence-electron chi connectivity index (χ2n) is 6.73. The van der Waals surface area contributed by atoms with Crippen LogP contribution in [-0.4, -0.2) is 39.0 Å². The second kappa shape index (κ2) is 7.67. The molecule has 0 atom stereocenters. The van der Waals surface area contributed by atoms with Gasteiger partial charge >= 0.3 is 6.03 Å². The highest BCUT2D eigenvalue weighted by Crippen LogP contribution is 2.24. The molecule has 0 aliphatic carbocycles. The van der Waals surface area contributed by atoms with Crippen molar-refractivity contribution in [2.75, 3.05) is 18.0 Å². The lowest BCUT2D eigenvalue weighted by molar-refractivity contribution is 0.252. The normalized spacial score (nSPS) is 13.9. The van der Waals surface area contributed by atoms with Crippen molar-refractivity contribution in [2.24, 2.45) is 0 Å². The number of anilines is 1. The molecule has 0 unspecified atom stereocenters. The highest BCUT2D eigenvalue weighted by molar-refractivity contribution is 5.94. The number of nitrogens with zero attached hydrogens (tertiary/aromatic N) is 5. The van der Waals surface area contributed by atoms with Crippen LogP contribution in [0.1, 0.15) is 11.5 Å². The van der Waals surface area contributed by atoms with Crippen molar-refractivity contribution in [1.29, 1.82) is 0 Å². The smallest absolute Gasteiger partial charge is 0.321 e. The summed E-state index contributed by atoms with van der Waals surface area (Å²) in [4.78, 5) is 18.1. The monoisotopic (exact) mass is 398 g/mol. The van der Waals surface area contributed by atoms with Crippen LogP contribution in [0.15, 0.2) is 71.5 Å². The maximum atomic E-state index is 11.9. The van der Waals surface area contributed by atoms with Crippen LogP contribution in [0.5, 0.6) is 0 Å². The molecule has 0 bridgehead atoms. The van der Waals surface area contributed by atoms with Crippen LogP contribution >= 0.6 is 0 Å². The summed E-state index contributed by atoms with van der Waals surface area (Å²) in [7, 11) is 0. The fourth-order valence-corrected chi connectivity index (χ4v) is 3.36. The summed E-state index contributed by atoms with van der Waals surface area (Å²) < 4.78 is 7.20. The molecule has 148 valence electrons. The Morgan fingerprint density at radius 1 is 1.07 bits per heavy atom. The summed E-state index contributed by atoms with van der Waals surface area (Å²) in [6, 6.07) is 17.2. The Labute approximate surface area is 172 Å². The van der Waals surface area contributed by atoms with Gasteiger partial charge in [-0.2, -0.15) is 10.1 Å². The molecular weight excluding hydrogens is 380 g/mol. The van der Waals surface area contributed by atoms with Crippen molar-refractivity contribution in [3.63, 3.8) is 0 Å². The topological polar surface area (TPSA) is 89.1 Å². The van der Waals surface area contributed by atoms with E-state index in [2.05, 4.69) is 20.6 Å². The number of amides is 2. The molecule has 8 nitrogen and oxygen atoms in total. The van der Waals surface area contributed by atoms with Gasteiger partial charge in [0.1, 0.15) is 0 Å². The summed E-state index contributed by atoms with van der Waals surface area (Å²) in [5.74, 6) is 0.862. The van der Waals surface area contributed by atoms with E-state index in [0.29, 0.717) is 24.8 Å². The summed E-state index contributed by atoms with van der Waals surface area (Å²) in [6.07, 6.45) is 7.33. The van der Waals surface area contributed by atoms with Gasteiger partial charge in [0.05, 0.1) is 5.69 Å². The van der Waals surface area contributed by atoms with Gasteiger partial charge in [-0.25, -0.2) is 9.48 Å². The van der Waals surface area contributed by atoms with Crippen LogP contribution in [0.2, 0.25) is 0 Å². The summed E-state index contributed by atoms with van der Waals surface area (Å²) in [6.45, 7) is 1.28. The zero-order valence-electron chi connectivity index (χ0n) is 16.0. The van der Waals surface area contributed by atoms with Gasteiger partial charge in [0.2, 0.25) is 5.82 Å². The quantitative estimate of drug-likeness (QED) is 0.555. The van der Waals surface area contributed by atoms with E-state index < -0.39 is 0 Å². The molecular formula is C22H18N6O2. The molecule has 30 heavy (non-hydrogen) atoms. The number of carbonyl (C=O) groups is 1. The molecule has 1 aliphatic rings. The Morgan fingerprint density at radius 2 is 2.00 bits per heavy atom. The SMILES string of the molecule is O=C1NCCN1c1cccc(-c2noc(/C=C/c3ccccc3-n3cccn3)n2)c1. The molecule has 0 spiro atoms. The average Bonchev–Trinajstić information content (AvgIpc) is 3.54. The van der Waals surface area contributed by atoms with Crippen LogP contribution in [0.3, 0.4) is 0 Å². The predicted molar refractivity (Wildman–Crippen MR) is 113 cm³/mol. The Bertz CT molecular complexity index is 1210. The highest BCUT2D eigenvalue weighted by Gasteiger charge is 2.21. The molecule has 8 heteroatoms. The largest absolute Gasteiger partial charge is 0.336 e. The highest BCUT2D eigenvalue weighted by atomic mass is 16.5. The minimum Gasteiger partial charge on any atom is -0.336 e. The van der Waals surface area contributed by atoms with Crippen molar-refractivity contribution in [3.8, 4) is 17.1 Å². The fourth-order valence-electron chi connectivity index (χ4n) is 3.36. The van der Waals surface area contributed by atoms with Crippen LogP contribution in [0.25, 0.3) is 29.2 Å². The Kier molecular flexibility index (Phi) is 4.57. The summed E-state index contributed by atoms with van der Waals surface area (Å²) >= 11 is 0. The number of hydrogen-bond acceptors (Lipinski definition) is 5. The number of nitrogens with one attached hydrogen (secondary N) is 1. The molecule has 0 saturated carbocycles. The number of hydrogen-bond donors (Lipinski definition) is 1. The van der Waals surface area contributed by atoms with Crippen LogP contribution < -0.4 is 10.2 Å². The molecule has 2 aromatic carbocycles. The molecule has 5 rings (SSSR count). The van der Waals surface area contributed by atoms with E-state index in [9.17, 15) is 4.79 Å². The third kappa shape index (κ3) is 3.46. The van der Waals surface area contributed by atoms with Gasteiger partial charge in [0, 0.05) is 48.4 Å². The molecule has 2 amide bonds. The average molecular weight is 398 g/mol. The van der Waals surface area contributed by atoms with Gasteiger partial charge in [-0.1, -0.05) is 35.5 Å². The number of carbonyl (C=O) groups excluding carboxylic acids is 1. The lowest BCUT2D eigenvalue weighted by Crippen LogP contribution is -2.27. The van der Waals surface area contributed by atoms with Gasteiger partial charge in [-0.05, 0) is 30.3 Å². The van der Waals surface area contributed by atoms with Gasteiger partial charge in [0.25, 0.3) is 5.89 Å². The Hall–Kier alpha value is -4.20. The molecule has 1 aliphatic heterocycles. The van der Waals surface area contributed by atoms with Crippen LogP contribution in [-0.2, 0) is 0 Å². The minimum absolute atomic E-state index is 0.0975. The lowest BCUT2D eigenvalue weighted by Gasteiger charge is -2.14. The van der Waals surface area contributed by atoms with E-state index in [1.807, 2.05) is 66.9 Å². The van der Waals surface area contributed by atoms with E-state index >= 15 is 0 Å². The molecule has 1 fully saturated rings. The first-order valence-corrected chi connectivity index (χ1v) is 9.54. The molecule has 1 saturated heterocycles. The fraction of sp³-hybridized carbons (Fsp3) is 0.0909. The Morgan fingerprint density at radius 3 is 2.83 bits per heavy atom. The van der Waals surface area contributed by atoms with Crippen LogP contribution in [0, 0.1) is 0 Å². The maximum absolute atomic E-state index is 11.9. The number of para-hydroxylation sites is 1. The van der Waals surface area contributed by atoms with Gasteiger partial charge in [0.15, 0.2) is 0 Å². The third-order valence-electron chi connectivity index (χ3n) is 4.81. The minimum atomic E-state index is -0.0975. The first-order chi connectivity index (χ1) is 14.8. The molecule has 3 heterocycles. The maximum Gasteiger partial charge on any atom is 0.321 e. The Balaban J connectivity index is 1.39. The van der Waals surface area contributed by atoms with Gasteiger partial charge in [-0.3, -0.25) is 4.90 Å². The standard InChI is InChI=1S/C22H18N6O2/c29-22-23-12-14-27(22)18-7-3-6-17(15-18)21-25-20(30-26-21)10-9-16-5-1-2-8-19(16)28-13-4-11-24-28/h1-11,13,15H,12,14H2,(H,23,29)/b10-9+. The van der Waals surface area contributed by atoms with Crippen LogP contribution in [0.4, 0.5) is 10.5 Å². The van der Waals surface area contributed by atoms with E-state index in [-0.39, 0.29) is 6.03 Å². The van der Waals surface area contributed by atoms with Crippen molar-refractivity contribution < 1.29 is 9.32 Å².